The Morgan fingerprint density at radius 3 is 2.33 bits per heavy atom. The summed E-state index contributed by atoms with van der Waals surface area (Å²) in [4.78, 5) is 23.2. The zero-order chi connectivity index (χ0) is 11.7. The van der Waals surface area contributed by atoms with Gasteiger partial charge in [-0.25, -0.2) is 0 Å². The summed E-state index contributed by atoms with van der Waals surface area (Å²) in [7, 11) is 3.81. The van der Waals surface area contributed by atoms with Crippen LogP contribution in [0.2, 0.25) is 0 Å². The Labute approximate surface area is 90.0 Å². The predicted molar refractivity (Wildman–Crippen MR) is 55.6 cm³/mol. The number of likely N-dealkylation sites (N-methyl/N-ethyl adjacent to an activating group) is 1. The van der Waals surface area contributed by atoms with Crippen molar-refractivity contribution in [2.24, 2.45) is 0 Å². The molecular weight excluding hydrogens is 198 g/mol. The molecule has 0 rings (SSSR count). The number of nitrogens with zero attached hydrogens (tertiary/aromatic N) is 1. The van der Waals surface area contributed by atoms with E-state index in [1.54, 1.807) is 0 Å². The quantitative estimate of drug-likeness (QED) is 0.479. The van der Waals surface area contributed by atoms with Crippen LogP contribution in [0.4, 0.5) is 0 Å². The lowest BCUT2D eigenvalue weighted by atomic mass is 10.2. The minimum atomic E-state index is -0.823. The van der Waals surface area contributed by atoms with Gasteiger partial charge in [-0.1, -0.05) is 0 Å². The highest BCUT2D eigenvalue weighted by Crippen LogP contribution is 2.01. The molecule has 0 atom stereocenters. The second-order valence-corrected chi connectivity index (χ2v) is 3.62. The minimum Gasteiger partial charge on any atom is -0.481 e. The Kier molecular flexibility index (Phi) is 7.62. The van der Waals surface area contributed by atoms with Gasteiger partial charge in [-0.3, -0.25) is 9.59 Å². The van der Waals surface area contributed by atoms with E-state index in [9.17, 15) is 9.59 Å². The van der Waals surface area contributed by atoms with Crippen molar-refractivity contribution >= 4 is 11.9 Å². The van der Waals surface area contributed by atoms with Crippen LogP contribution >= 0.6 is 0 Å². The monoisotopic (exact) mass is 217 g/mol. The molecule has 0 aliphatic carbocycles. The number of carboxylic acid groups (broad SMARTS) is 1. The third-order valence-corrected chi connectivity index (χ3v) is 1.82. The van der Waals surface area contributed by atoms with E-state index in [0.29, 0.717) is 32.4 Å². The van der Waals surface area contributed by atoms with Crippen LogP contribution in [0, 0.1) is 0 Å². The lowest BCUT2D eigenvalue weighted by Crippen LogP contribution is -2.20. The van der Waals surface area contributed by atoms with Gasteiger partial charge in [0.15, 0.2) is 0 Å². The topological polar surface area (TPSA) is 66.8 Å². The normalized spacial score (nSPS) is 10.3. The molecular formula is C10H19NO4. The van der Waals surface area contributed by atoms with E-state index in [0.717, 1.165) is 0 Å². The molecule has 0 unspecified atom stereocenters. The molecule has 0 amide bonds. The smallest absolute Gasteiger partial charge is 0.305 e. The molecule has 0 heterocycles. The molecule has 0 aromatic rings. The van der Waals surface area contributed by atoms with Crippen LogP contribution in [-0.4, -0.2) is 49.2 Å². The number of aliphatic carboxylic acids is 1. The summed E-state index contributed by atoms with van der Waals surface area (Å²) in [6, 6.07) is 0. The van der Waals surface area contributed by atoms with Gasteiger partial charge in [0.25, 0.3) is 0 Å². The second-order valence-electron chi connectivity index (χ2n) is 3.62. The predicted octanol–water partition coefficient (Wildman–Crippen LogP) is 0.736. The number of ether oxygens (including phenoxy) is 1. The third kappa shape index (κ3) is 10.8. The zero-order valence-electron chi connectivity index (χ0n) is 9.36. The summed E-state index contributed by atoms with van der Waals surface area (Å²) in [6.07, 6.45) is 1.52. The standard InChI is InChI=1S/C10H19NO4/c1-11(2)7-8-15-10(14)6-4-3-5-9(12)13/h3-8H2,1-2H3,(H,12,13). The van der Waals surface area contributed by atoms with Crippen molar-refractivity contribution in [3.63, 3.8) is 0 Å². The van der Waals surface area contributed by atoms with Gasteiger partial charge in [0, 0.05) is 19.4 Å². The van der Waals surface area contributed by atoms with E-state index in [2.05, 4.69) is 0 Å². The van der Waals surface area contributed by atoms with E-state index >= 15 is 0 Å². The summed E-state index contributed by atoms with van der Waals surface area (Å²) in [5.41, 5.74) is 0. The maximum Gasteiger partial charge on any atom is 0.305 e. The molecule has 0 saturated heterocycles. The summed E-state index contributed by atoms with van der Waals surface area (Å²) in [5, 5.41) is 8.36. The number of carboxylic acids is 1. The number of unbranched alkanes of at least 4 members (excludes halogenated alkanes) is 1. The molecule has 1 N–H and O–H groups in total. The summed E-state index contributed by atoms with van der Waals surface area (Å²) >= 11 is 0. The van der Waals surface area contributed by atoms with Crippen LogP contribution < -0.4 is 0 Å². The number of rotatable bonds is 8. The molecule has 0 aromatic carbocycles. The van der Waals surface area contributed by atoms with E-state index < -0.39 is 5.97 Å². The van der Waals surface area contributed by atoms with Crippen LogP contribution in [0.1, 0.15) is 25.7 Å². The first-order valence-corrected chi connectivity index (χ1v) is 5.04. The molecule has 5 heteroatoms. The molecule has 0 radical (unpaired) electrons. The first-order valence-electron chi connectivity index (χ1n) is 5.04. The van der Waals surface area contributed by atoms with Crippen LogP contribution in [0.15, 0.2) is 0 Å². The minimum absolute atomic E-state index is 0.116. The fourth-order valence-corrected chi connectivity index (χ4v) is 0.960. The van der Waals surface area contributed by atoms with E-state index in [-0.39, 0.29) is 12.4 Å². The first kappa shape index (κ1) is 13.9. The van der Waals surface area contributed by atoms with Crippen LogP contribution in [0.5, 0.6) is 0 Å². The van der Waals surface area contributed by atoms with Crippen molar-refractivity contribution in [1.82, 2.24) is 4.90 Å². The molecule has 5 nitrogen and oxygen atoms in total. The van der Waals surface area contributed by atoms with Gasteiger partial charge in [0.05, 0.1) is 0 Å². The Balaban J connectivity index is 3.30. The van der Waals surface area contributed by atoms with E-state index in [4.69, 9.17) is 9.84 Å². The molecule has 0 aliphatic rings. The van der Waals surface area contributed by atoms with Crippen molar-refractivity contribution < 1.29 is 19.4 Å². The summed E-state index contributed by atoms with van der Waals surface area (Å²) in [6.45, 7) is 1.10. The zero-order valence-corrected chi connectivity index (χ0v) is 9.36. The number of hydrogen-bond donors (Lipinski definition) is 1. The molecule has 15 heavy (non-hydrogen) atoms. The number of esters is 1. The molecule has 0 spiro atoms. The van der Waals surface area contributed by atoms with Crippen molar-refractivity contribution in [3.8, 4) is 0 Å². The van der Waals surface area contributed by atoms with Gasteiger partial charge in [-0.05, 0) is 26.9 Å². The van der Waals surface area contributed by atoms with Crippen molar-refractivity contribution in [3.05, 3.63) is 0 Å². The van der Waals surface area contributed by atoms with E-state index in [1.165, 1.54) is 0 Å². The Bertz CT molecular complexity index is 204. The lowest BCUT2D eigenvalue weighted by molar-refractivity contribution is -0.144. The largest absolute Gasteiger partial charge is 0.481 e. The van der Waals surface area contributed by atoms with E-state index in [1.807, 2.05) is 19.0 Å². The van der Waals surface area contributed by atoms with Crippen molar-refractivity contribution in [2.75, 3.05) is 27.2 Å². The molecule has 88 valence electrons. The van der Waals surface area contributed by atoms with Gasteiger partial charge < -0.3 is 14.7 Å². The second kappa shape index (κ2) is 8.23. The highest BCUT2D eigenvalue weighted by Gasteiger charge is 2.03. The third-order valence-electron chi connectivity index (χ3n) is 1.82. The Morgan fingerprint density at radius 1 is 1.20 bits per heavy atom. The average molecular weight is 217 g/mol. The molecule has 0 bridgehead atoms. The highest BCUT2D eigenvalue weighted by molar-refractivity contribution is 5.69. The SMILES string of the molecule is CN(C)CCOC(=O)CCCCC(=O)O. The van der Waals surface area contributed by atoms with Crippen LogP contribution in [-0.2, 0) is 14.3 Å². The number of carbonyl (C=O) groups excluding carboxylic acids is 1. The van der Waals surface area contributed by atoms with Crippen LogP contribution in [0.3, 0.4) is 0 Å². The Morgan fingerprint density at radius 2 is 1.80 bits per heavy atom. The van der Waals surface area contributed by atoms with Gasteiger partial charge in [0.2, 0.25) is 0 Å². The fourth-order valence-electron chi connectivity index (χ4n) is 0.960. The van der Waals surface area contributed by atoms with Gasteiger partial charge in [-0.2, -0.15) is 0 Å². The van der Waals surface area contributed by atoms with Crippen LogP contribution in [0.25, 0.3) is 0 Å². The highest BCUT2D eigenvalue weighted by atomic mass is 16.5. The van der Waals surface area contributed by atoms with Crippen molar-refractivity contribution in [1.29, 1.82) is 0 Å². The molecule has 0 saturated carbocycles. The summed E-state index contributed by atoms with van der Waals surface area (Å²) < 4.78 is 4.93. The maximum atomic E-state index is 11.1. The molecule has 0 fully saturated rings. The summed E-state index contributed by atoms with van der Waals surface area (Å²) in [5.74, 6) is -1.07. The molecule has 0 aliphatic heterocycles. The average Bonchev–Trinajstić information content (AvgIpc) is 2.11. The fraction of sp³-hybridized carbons (Fsp3) is 0.800. The Hall–Kier alpha value is -1.10. The number of hydrogen-bond acceptors (Lipinski definition) is 4. The lowest BCUT2D eigenvalue weighted by Gasteiger charge is -2.09. The molecule has 0 aromatic heterocycles. The van der Waals surface area contributed by atoms with Crippen molar-refractivity contribution in [2.45, 2.75) is 25.7 Å². The first-order chi connectivity index (χ1) is 7.02. The van der Waals surface area contributed by atoms with Gasteiger partial charge >= 0.3 is 11.9 Å². The van der Waals surface area contributed by atoms with Gasteiger partial charge in [0.1, 0.15) is 6.61 Å². The van der Waals surface area contributed by atoms with Gasteiger partial charge in [-0.15, -0.1) is 0 Å². The maximum absolute atomic E-state index is 11.1. The number of carbonyl (C=O) groups is 2.